The molecule has 2 aromatic rings. The van der Waals surface area contributed by atoms with Crippen LogP contribution in [0.3, 0.4) is 0 Å². The molecule has 6 nitrogen and oxygen atoms in total. The van der Waals surface area contributed by atoms with Crippen LogP contribution in [0.1, 0.15) is 48.4 Å². The minimum absolute atomic E-state index is 0.539. The zero-order valence-corrected chi connectivity index (χ0v) is 15.2. The van der Waals surface area contributed by atoms with Gasteiger partial charge in [0.25, 0.3) is 0 Å². The predicted octanol–water partition coefficient (Wildman–Crippen LogP) is 2.75. The van der Waals surface area contributed by atoms with Crippen molar-refractivity contribution in [3.63, 3.8) is 0 Å². The van der Waals surface area contributed by atoms with Crippen molar-refractivity contribution in [1.29, 1.82) is 0 Å². The van der Waals surface area contributed by atoms with Crippen molar-refractivity contribution in [2.24, 2.45) is 0 Å². The van der Waals surface area contributed by atoms with E-state index in [1.54, 1.807) is 6.33 Å². The highest BCUT2D eigenvalue weighted by Gasteiger charge is 2.26. The van der Waals surface area contributed by atoms with Gasteiger partial charge in [0, 0.05) is 56.5 Å². The third-order valence-corrected chi connectivity index (χ3v) is 5.66. The Morgan fingerprint density at radius 1 is 1.20 bits per heavy atom. The van der Waals surface area contributed by atoms with Gasteiger partial charge < -0.3 is 9.42 Å². The van der Waals surface area contributed by atoms with Gasteiger partial charge in [0.05, 0.1) is 0 Å². The second-order valence-electron chi connectivity index (χ2n) is 7.37. The average molecular weight is 341 g/mol. The van der Waals surface area contributed by atoms with E-state index in [9.17, 15) is 0 Å². The van der Waals surface area contributed by atoms with Crippen LogP contribution in [-0.2, 0) is 19.4 Å². The van der Waals surface area contributed by atoms with Crippen molar-refractivity contribution in [3.8, 4) is 0 Å². The number of aromatic nitrogens is 3. The van der Waals surface area contributed by atoms with E-state index in [-0.39, 0.29) is 0 Å². The van der Waals surface area contributed by atoms with E-state index < -0.39 is 0 Å². The van der Waals surface area contributed by atoms with Crippen molar-refractivity contribution < 1.29 is 4.52 Å². The van der Waals surface area contributed by atoms with Crippen molar-refractivity contribution in [1.82, 2.24) is 20.0 Å². The zero-order valence-electron chi connectivity index (χ0n) is 15.2. The minimum Gasteiger partial charge on any atom is -0.361 e. The molecule has 1 saturated heterocycles. The van der Waals surface area contributed by atoms with E-state index >= 15 is 0 Å². The normalized spacial score (nSPS) is 19.0. The lowest BCUT2D eigenvalue weighted by atomic mass is 9.96. The Bertz CT molecular complexity index is 720. The second-order valence-corrected chi connectivity index (χ2v) is 7.37. The van der Waals surface area contributed by atoms with Gasteiger partial charge in [-0.2, -0.15) is 0 Å². The Hall–Kier alpha value is -1.95. The van der Waals surface area contributed by atoms with Crippen LogP contribution in [0, 0.1) is 6.92 Å². The summed E-state index contributed by atoms with van der Waals surface area (Å²) in [6.07, 6.45) is 8.67. The maximum Gasteiger partial charge on any atom is 0.140 e. The second kappa shape index (κ2) is 7.12. The van der Waals surface area contributed by atoms with Gasteiger partial charge in [-0.05, 0) is 39.0 Å². The molecule has 0 spiro atoms. The molecule has 0 bridgehead atoms. The third kappa shape index (κ3) is 3.54. The predicted molar refractivity (Wildman–Crippen MR) is 96.6 cm³/mol. The lowest BCUT2D eigenvalue weighted by Crippen LogP contribution is -2.43. The Morgan fingerprint density at radius 3 is 2.80 bits per heavy atom. The molecule has 4 rings (SSSR count). The number of nitrogens with zero attached hydrogens (tertiary/aromatic N) is 5. The van der Waals surface area contributed by atoms with Crippen LogP contribution < -0.4 is 4.90 Å². The molecule has 0 atom stereocenters. The van der Waals surface area contributed by atoms with Crippen LogP contribution in [0.25, 0.3) is 0 Å². The first kappa shape index (κ1) is 16.5. The molecule has 6 heteroatoms. The van der Waals surface area contributed by atoms with Gasteiger partial charge in [-0.1, -0.05) is 5.16 Å². The summed E-state index contributed by atoms with van der Waals surface area (Å²) in [5.41, 5.74) is 3.58. The molecule has 3 heterocycles. The summed E-state index contributed by atoms with van der Waals surface area (Å²) in [7, 11) is 2.15. The van der Waals surface area contributed by atoms with Crippen LogP contribution in [0.15, 0.2) is 16.9 Å². The van der Waals surface area contributed by atoms with E-state index in [0.717, 1.165) is 62.6 Å². The molecule has 1 aliphatic heterocycles. The summed E-state index contributed by atoms with van der Waals surface area (Å²) in [5, 5.41) is 4.36. The number of aryl methyl sites for hydroxylation is 2. The topological polar surface area (TPSA) is 58.3 Å². The van der Waals surface area contributed by atoms with Gasteiger partial charge in [0.2, 0.25) is 0 Å². The first-order chi connectivity index (χ1) is 12.2. The van der Waals surface area contributed by atoms with Crippen molar-refractivity contribution in [2.45, 2.75) is 58.0 Å². The Balaban J connectivity index is 1.35. The molecular formula is C19H27N5O. The van der Waals surface area contributed by atoms with Crippen LogP contribution in [0.4, 0.5) is 5.82 Å². The Labute approximate surface area is 149 Å². The number of likely N-dealkylation sites (tertiary alicyclic amines) is 1. The van der Waals surface area contributed by atoms with Crippen molar-refractivity contribution in [2.75, 3.05) is 25.0 Å². The molecule has 2 aromatic heterocycles. The summed E-state index contributed by atoms with van der Waals surface area (Å²) in [6, 6.07) is 2.60. The summed E-state index contributed by atoms with van der Waals surface area (Å²) in [6.45, 7) is 5.14. The standard InChI is InChI=1S/C19H27N5O/c1-14-11-19(21-13-20-14)23(2)15-7-9-24(10-8-15)12-17-16-5-3-4-6-18(16)25-22-17/h11,13,15H,3-10,12H2,1-2H3. The number of anilines is 1. The lowest BCUT2D eigenvalue weighted by Gasteiger charge is -2.37. The summed E-state index contributed by atoms with van der Waals surface area (Å²) < 4.78 is 5.56. The van der Waals surface area contributed by atoms with E-state index in [2.05, 4.69) is 38.0 Å². The molecule has 0 aromatic carbocycles. The van der Waals surface area contributed by atoms with Gasteiger partial charge in [0.1, 0.15) is 23.6 Å². The van der Waals surface area contributed by atoms with Gasteiger partial charge in [-0.25, -0.2) is 9.97 Å². The molecular weight excluding hydrogens is 314 g/mol. The summed E-state index contributed by atoms with van der Waals surface area (Å²) in [5.74, 6) is 2.16. The molecule has 0 amide bonds. The first-order valence-corrected chi connectivity index (χ1v) is 9.41. The molecule has 0 saturated carbocycles. The van der Waals surface area contributed by atoms with Gasteiger partial charge in [0.15, 0.2) is 0 Å². The van der Waals surface area contributed by atoms with Crippen molar-refractivity contribution >= 4 is 5.82 Å². The molecule has 134 valence electrons. The van der Waals surface area contributed by atoms with Crippen molar-refractivity contribution in [3.05, 3.63) is 35.1 Å². The van der Waals surface area contributed by atoms with Crippen LogP contribution in [0.5, 0.6) is 0 Å². The highest BCUT2D eigenvalue weighted by Crippen LogP contribution is 2.27. The zero-order chi connectivity index (χ0) is 17.2. The first-order valence-electron chi connectivity index (χ1n) is 9.41. The number of hydrogen-bond donors (Lipinski definition) is 0. The fourth-order valence-electron chi connectivity index (χ4n) is 4.07. The quantitative estimate of drug-likeness (QED) is 0.852. The summed E-state index contributed by atoms with van der Waals surface area (Å²) in [4.78, 5) is 13.4. The molecule has 0 unspecified atom stereocenters. The minimum atomic E-state index is 0.539. The van der Waals surface area contributed by atoms with E-state index in [4.69, 9.17) is 4.52 Å². The lowest BCUT2D eigenvalue weighted by molar-refractivity contribution is 0.197. The SMILES string of the molecule is Cc1cc(N(C)C2CCN(Cc3noc4c3CCCC4)CC2)ncn1. The Kier molecular flexibility index (Phi) is 4.70. The number of fused-ring (bicyclic) bond motifs is 1. The van der Waals surface area contributed by atoms with Gasteiger partial charge in [-0.15, -0.1) is 0 Å². The third-order valence-electron chi connectivity index (χ3n) is 5.66. The highest BCUT2D eigenvalue weighted by atomic mass is 16.5. The summed E-state index contributed by atoms with van der Waals surface area (Å²) >= 11 is 0. The number of rotatable bonds is 4. The molecule has 25 heavy (non-hydrogen) atoms. The fraction of sp³-hybridized carbons (Fsp3) is 0.632. The van der Waals surface area contributed by atoms with E-state index in [0.29, 0.717) is 6.04 Å². The Morgan fingerprint density at radius 2 is 2.00 bits per heavy atom. The maximum atomic E-state index is 5.56. The molecule has 1 aliphatic carbocycles. The number of hydrogen-bond acceptors (Lipinski definition) is 6. The smallest absolute Gasteiger partial charge is 0.140 e. The molecule has 0 N–H and O–H groups in total. The maximum absolute atomic E-state index is 5.56. The van der Waals surface area contributed by atoms with Gasteiger partial charge >= 0.3 is 0 Å². The fourth-order valence-corrected chi connectivity index (χ4v) is 4.07. The molecule has 1 fully saturated rings. The van der Waals surface area contributed by atoms with Crippen LogP contribution in [-0.4, -0.2) is 46.2 Å². The van der Waals surface area contributed by atoms with E-state index in [1.165, 1.54) is 24.1 Å². The monoisotopic (exact) mass is 341 g/mol. The number of piperidine rings is 1. The molecule has 0 radical (unpaired) electrons. The average Bonchev–Trinajstić information content (AvgIpc) is 3.05. The molecule has 2 aliphatic rings. The van der Waals surface area contributed by atoms with E-state index in [1.807, 2.05) is 6.92 Å². The van der Waals surface area contributed by atoms with Crippen LogP contribution in [0.2, 0.25) is 0 Å². The van der Waals surface area contributed by atoms with Gasteiger partial charge in [-0.3, -0.25) is 4.90 Å². The largest absolute Gasteiger partial charge is 0.361 e. The highest BCUT2D eigenvalue weighted by molar-refractivity contribution is 5.39. The van der Waals surface area contributed by atoms with Crippen LogP contribution >= 0.6 is 0 Å².